The second-order valence-corrected chi connectivity index (χ2v) is 9.90. The summed E-state index contributed by atoms with van der Waals surface area (Å²) in [7, 11) is 1.67. The molecule has 3 N–H and O–H groups in total. The monoisotopic (exact) mass is 555 g/mol. The maximum Gasteiger partial charge on any atom is 0.356 e. The van der Waals surface area contributed by atoms with Crippen LogP contribution in [-0.2, 0) is 4.79 Å². The average molecular weight is 556 g/mol. The first-order chi connectivity index (χ1) is 19.5. The van der Waals surface area contributed by atoms with Gasteiger partial charge in [-0.1, -0.05) is 0 Å². The summed E-state index contributed by atoms with van der Waals surface area (Å²) in [6, 6.07) is 16.0. The number of anilines is 3. The molecule has 2 aliphatic heterocycles. The third kappa shape index (κ3) is 5.00. The summed E-state index contributed by atoms with van der Waals surface area (Å²) in [6.07, 6.45) is 6.60. The van der Waals surface area contributed by atoms with E-state index in [0.29, 0.717) is 27.2 Å². The molecular weight excluding hydrogens is 530 g/mol. The Balaban J connectivity index is 1.36. The van der Waals surface area contributed by atoms with Gasteiger partial charge in [0.15, 0.2) is 5.11 Å². The van der Waals surface area contributed by atoms with Crippen molar-refractivity contribution in [1.29, 1.82) is 0 Å². The van der Waals surface area contributed by atoms with Gasteiger partial charge in [-0.25, -0.2) is 9.98 Å². The van der Waals surface area contributed by atoms with Gasteiger partial charge in [-0.2, -0.15) is 10.2 Å². The van der Waals surface area contributed by atoms with Crippen molar-refractivity contribution >= 4 is 62.2 Å². The normalized spacial score (nSPS) is 16.6. The molecule has 2 aliphatic rings. The fraction of sp³-hybridized carbons (Fsp3) is 0.250. The Labute approximate surface area is 234 Å². The maximum absolute atomic E-state index is 13.6. The van der Waals surface area contributed by atoms with E-state index in [9.17, 15) is 4.79 Å². The van der Waals surface area contributed by atoms with Crippen molar-refractivity contribution in [2.45, 2.75) is 25.4 Å². The molecule has 0 radical (unpaired) electrons. The summed E-state index contributed by atoms with van der Waals surface area (Å²) in [5, 5.41) is 17.5. The molecule has 12 heteroatoms. The number of likely N-dealkylation sites (N-methyl/N-ethyl adjacent to an activating group) is 1. The molecule has 11 nitrogen and oxygen atoms in total. The van der Waals surface area contributed by atoms with Crippen LogP contribution < -0.4 is 30.7 Å². The molecule has 2 aromatic heterocycles. The Morgan fingerprint density at radius 3 is 2.73 bits per heavy atom. The molecule has 2 bridgehead atoms. The van der Waals surface area contributed by atoms with Crippen LogP contribution in [-0.4, -0.2) is 52.5 Å². The molecule has 0 spiro atoms. The summed E-state index contributed by atoms with van der Waals surface area (Å²) >= 11 is 5.58. The summed E-state index contributed by atoms with van der Waals surface area (Å²) < 4.78 is 5.55. The van der Waals surface area contributed by atoms with Crippen molar-refractivity contribution < 1.29 is 19.4 Å². The summed E-state index contributed by atoms with van der Waals surface area (Å²) in [4.78, 5) is 34.5. The Kier molecular flexibility index (Phi) is 6.90. The Hall–Kier alpha value is -4.73. The number of hydrogen-bond acceptors (Lipinski definition) is 9. The molecule has 1 fully saturated rings. The van der Waals surface area contributed by atoms with E-state index >= 15 is 0 Å². The van der Waals surface area contributed by atoms with Gasteiger partial charge in [0.05, 0.1) is 16.4 Å². The van der Waals surface area contributed by atoms with Crippen LogP contribution in [0.5, 0.6) is 6.01 Å². The first kappa shape index (κ1) is 25.5. The molecule has 202 valence electrons. The quantitative estimate of drug-likeness (QED) is 0.195. The third-order valence-corrected chi connectivity index (χ3v) is 7.18. The highest BCUT2D eigenvalue weighted by Crippen LogP contribution is 2.25. The number of amides is 1. The van der Waals surface area contributed by atoms with Gasteiger partial charge in [-0.15, -0.1) is 0 Å². The summed E-state index contributed by atoms with van der Waals surface area (Å²) in [5.74, 6) is -0.324. The van der Waals surface area contributed by atoms with Gasteiger partial charge in [-0.05, 0) is 80.0 Å². The minimum absolute atomic E-state index is 0.0175. The van der Waals surface area contributed by atoms with Crippen molar-refractivity contribution in [3.8, 4) is 6.01 Å². The number of hydrogen-bond donors (Lipinski definition) is 3. The van der Waals surface area contributed by atoms with Crippen LogP contribution in [0.3, 0.4) is 0 Å². The molecule has 1 atom stereocenters. The van der Waals surface area contributed by atoms with Gasteiger partial charge in [0, 0.05) is 48.5 Å². The van der Waals surface area contributed by atoms with Crippen LogP contribution in [0.4, 0.5) is 17.1 Å². The van der Waals surface area contributed by atoms with E-state index in [0.717, 1.165) is 18.8 Å². The topological polar surface area (TPSA) is 128 Å². The smallest absolute Gasteiger partial charge is 0.356 e. The highest BCUT2D eigenvalue weighted by atomic mass is 32.1. The van der Waals surface area contributed by atoms with Gasteiger partial charge >= 0.3 is 6.01 Å². The van der Waals surface area contributed by atoms with E-state index in [4.69, 9.17) is 26.9 Å². The fourth-order valence-corrected chi connectivity index (χ4v) is 5.16. The molecule has 40 heavy (non-hydrogen) atoms. The number of nitrogens with zero attached hydrogens (tertiary/aromatic N) is 5. The van der Waals surface area contributed by atoms with E-state index in [-0.39, 0.29) is 22.7 Å². The second-order valence-electron chi connectivity index (χ2n) is 9.49. The molecule has 1 unspecified atom stereocenters. The largest absolute Gasteiger partial charge is 0.386 e. The number of rotatable bonds is 4. The van der Waals surface area contributed by atoms with Crippen LogP contribution in [0.15, 0.2) is 58.1 Å². The zero-order valence-electron chi connectivity index (χ0n) is 21.5. The van der Waals surface area contributed by atoms with Crippen LogP contribution >= 0.6 is 12.2 Å². The van der Waals surface area contributed by atoms with Crippen molar-refractivity contribution in [3.05, 3.63) is 66.3 Å². The lowest BCUT2D eigenvalue weighted by molar-refractivity contribution is -0.145. The summed E-state index contributed by atoms with van der Waals surface area (Å²) in [5.41, 5.74) is 2.59. The predicted octanol–water partition coefficient (Wildman–Crippen LogP) is 3.57. The maximum atomic E-state index is 13.6. The highest BCUT2D eigenvalue weighted by Gasteiger charge is 2.27. The average Bonchev–Trinajstić information content (AvgIpc) is 3.04. The van der Waals surface area contributed by atoms with Crippen molar-refractivity contribution in [2.24, 2.45) is 4.99 Å². The fourth-order valence-electron chi connectivity index (χ4n) is 4.93. The third-order valence-electron chi connectivity index (χ3n) is 6.96. The van der Waals surface area contributed by atoms with Crippen LogP contribution in [0, 0.1) is 12.3 Å². The first-order valence-electron chi connectivity index (χ1n) is 12.8. The second kappa shape index (κ2) is 10.8. The lowest BCUT2D eigenvalue weighted by Gasteiger charge is -2.29. The molecule has 4 heterocycles. The zero-order chi connectivity index (χ0) is 27.6. The van der Waals surface area contributed by atoms with E-state index < -0.39 is 6.17 Å². The predicted molar refractivity (Wildman–Crippen MR) is 154 cm³/mol. The standard InChI is InChI=1S/C28H25N7O4S/c1-34-22-10-5-17-11-14-38-25-21(16-29-27(33-25)39-37)23(20(22)15-17)31-24(26(34)36)32-28(40)30-18-6-8-19(9-7-18)35-12-3-2-4-13-35/h5-10,15-16,24,37H,2-4,12-13H2,1H3,(H2,30,32,40). The van der Waals surface area contributed by atoms with E-state index in [2.05, 4.69) is 54.9 Å². The van der Waals surface area contributed by atoms with Crippen molar-refractivity contribution in [2.75, 3.05) is 35.3 Å². The van der Waals surface area contributed by atoms with Crippen molar-refractivity contribution in [3.63, 3.8) is 0 Å². The van der Waals surface area contributed by atoms with Crippen LogP contribution in [0.25, 0.3) is 21.9 Å². The Morgan fingerprint density at radius 1 is 1.15 bits per heavy atom. The molecule has 6 rings (SSSR count). The van der Waals surface area contributed by atoms with E-state index in [1.165, 1.54) is 36.0 Å². The van der Waals surface area contributed by atoms with Crippen molar-refractivity contribution in [1.82, 2.24) is 15.3 Å². The Bertz CT molecular complexity index is 1700. The lowest BCUT2D eigenvalue weighted by Crippen LogP contribution is -2.47. The van der Waals surface area contributed by atoms with Crippen LogP contribution in [0.2, 0.25) is 0 Å². The molecular formula is C28H25N7O4S. The lowest BCUT2D eigenvalue weighted by atomic mass is 10.1. The number of benzene rings is 2. The van der Waals surface area contributed by atoms with Gasteiger partial charge in [0.1, 0.15) is 6.26 Å². The number of carbonyl (C=O) groups is 1. The molecule has 1 amide bonds. The molecule has 0 aliphatic carbocycles. The van der Waals surface area contributed by atoms with Gasteiger partial charge in [-0.3, -0.25) is 9.68 Å². The minimum Gasteiger partial charge on any atom is -0.386 e. The highest BCUT2D eigenvalue weighted by molar-refractivity contribution is 7.80. The number of thiocarbonyl (C=S) groups is 1. The molecule has 0 saturated carbocycles. The molecule has 4 aromatic rings. The number of carbonyl (C=O) groups excluding carboxylic acids is 1. The van der Waals surface area contributed by atoms with Crippen LogP contribution in [0.1, 0.15) is 19.3 Å². The number of fused-ring (bicyclic) bond motifs is 3. The zero-order valence-corrected chi connectivity index (χ0v) is 22.4. The first-order valence-corrected chi connectivity index (χ1v) is 13.2. The molecule has 2 aromatic carbocycles. The SMILES string of the molecule is CN1C(=O)C(NC(=S)Nc2ccc(N3CCCCC3)cc2)N=c2c3cc(c#coc4nc(OO)ncc24)ccc31. The van der Waals surface area contributed by atoms with Gasteiger partial charge < -0.3 is 24.9 Å². The number of piperidine rings is 1. The van der Waals surface area contributed by atoms with E-state index in [1.54, 1.807) is 19.2 Å². The Morgan fingerprint density at radius 2 is 1.95 bits per heavy atom. The number of nitrogens with one attached hydrogen (secondary N) is 2. The van der Waals surface area contributed by atoms with Gasteiger partial charge in [0.2, 0.25) is 11.9 Å². The number of aromatic nitrogens is 2. The minimum atomic E-state index is -1.08. The summed E-state index contributed by atoms with van der Waals surface area (Å²) in [6.45, 7) is 2.13. The molecule has 1 saturated heterocycles. The van der Waals surface area contributed by atoms with E-state index in [1.807, 2.05) is 18.2 Å². The van der Waals surface area contributed by atoms with Gasteiger partial charge in [0.25, 0.3) is 5.91 Å².